The number of allylic oxidation sites excluding steroid dienone is 3. The van der Waals surface area contributed by atoms with Crippen molar-refractivity contribution in [2.45, 2.75) is 40.0 Å². The number of nitrogens with zero attached hydrogens (tertiary/aromatic N) is 1. The van der Waals surface area contributed by atoms with Gasteiger partial charge in [0.2, 0.25) is 0 Å². The number of hydrogen-bond donors (Lipinski definition) is 0. The molecule has 92 valence electrons. The molecule has 0 aromatic carbocycles. The van der Waals surface area contributed by atoms with Crippen LogP contribution in [0.2, 0.25) is 0 Å². The summed E-state index contributed by atoms with van der Waals surface area (Å²) in [6.45, 7) is 10.4. The van der Waals surface area contributed by atoms with Crippen LogP contribution in [0.4, 0.5) is 0 Å². The van der Waals surface area contributed by atoms with Crippen LogP contribution in [0.1, 0.15) is 40.0 Å². The highest BCUT2D eigenvalue weighted by molar-refractivity contribution is 5.22. The number of rotatable bonds is 5. The summed E-state index contributed by atoms with van der Waals surface area (Å²) in [6, 6.07) is 0. The van der Waals surface area contributed by atoms with Crippen molar-refractivity contribution in [1.82, 2.24) is 4.90 Å². The largest absolute Gasteiger partial charge is 0.378 e. The maximum Gasteiger partial charge on any atom is 0.0642 e. The zero-order valence-electron chi connectivity index (χ0n) is 11.0. The second kappa shape index (κ2) is 7.50. The lowest BCUT2D eigenvalue weighted by atomic mass is 10.1. The van der Waals surface area contributed by atoms with Crippen molar-refractivity contribution in [2.24, 2.45) is 0 Å². The highest BCUT2D eigenvalue weighted by Gasteiger charge is 2.11. The SMILES string of the molecule is CC/C=C(\C=C(/C)CCC)N1CCOCC1. The Labute approximate surface area is 100.0 Å². The third kappa shape index (κ3) is 4.40. The third-order valence-corrected chi connectivity index (χ3v) is 2.83. The maximum absolute atomic E-state index is 5.39. The van der Waals surface area contributed by atoms with Crippen LogP contribution in [-0.2, 0) is 4.74 Å². The topological polar surface area (TPSA) is 12.5 Å². The summed E-state index contributed by atoms with van der Waals surface area (Å²) in [5.74, 6) is 0. The van der Waals surface area contributed by atoms with Gasteiger partial charge in [0.1, 0.15) is 0 Å². The lowest BCUT2D eigenvalue weighted by Gasteiger charge is -2.30. The number of morpholine rings is 1. The summed E-state index contributed by atoms with van der Waals surface area (Å²) in [5, 5.41) is 0. The van der Waals surface area contributed by atoms with E-state index < -0.39 is 0 Å². The van der Waals surface area contributed by atoms with Crippen molar-refractivity contribution < 1.29 is 4.74 Å². The highest BCUT2D eigenvalue weighted by Crippen LogP contribution is 2.14. The first-order valence-electron chi connectivity index (χ1n) is 6.48. The lowest BCUT2D eigenvalue weighted by Crippen LogP contribution is -2.35. The van der Waals surface area contributed by atoms with Crippen LogP contribution < -0.4 is 0 Å². The van der Waals surface area contributed by atoms with Crippen molar-refractivity contribution in [2.75, 3.05) is 26.3 Å². The third-order valence-electron chi connectivity index (χ3n) is 2.83. The zero-order chi connectivity index (χ0) is 11.8. The van der Waals surface area contributed by atoms with Crippen LogP contribution in [0, 0.1) is 0 Å². The van der Waals surface area contributed by atoms with Crippen LogP contribution in [0.5, 0.6) is 0 Å². The van der Waals surface area contributed by atoms with Crippen LogP contribution in [0.15, 0.2) is 23.4 Å². The summed E-state index contributed by atoms with van der Waals surface area (Å²) in [6.07, 6.45) is 8.20. The number of ether oxygens (including phenoxy) is 1. The Kier molecular flexibility index (Phi) is 6.24. The number of hydrogen-bond acceptors (Lipinski definition) is 2. The van der Waals surface area contributed by atoms with Gasteiger partial charge in [0.15, 0.2) is 0 Å². The summed E-state index contributed by atoms with van der Waals surface area (Å²) < 4.78 is 5.39. The molecule has 2 heteroatoms. The second-order valence-electron chi connectivity index (χ2n) is 4.38. The first-order valence-corrected chi connectivity index (χ1v) is 6.48. The maximum atomic E-state index is 5.39. The zero-order valence-corrected chi connectivity index (χ0v) is 11.0. The molecule has 0 N–H and O–H groups in total. The van der Waals surface area contributed by atoms with Crippen molar-refractivity contribution >= 4 is 0 Å². The minimum atomic E-state index is 0.863. The Morgan fingerprint density at radius 3 is 2.50 bits per heavy atom. The van der Waals surface area contributed by atoms with E-state index in [2.05, 4.69) is 37.8 Å². The molecule has 1 aliphatic rings. The fraction of sp³-hybridized carbons (Fsp3) is 0.714. The van der Waals surface area contributed by atoms with Gasteiger partial charge in [-0.2, -0.15) is 0 Å². The van der Waals surface area contributed by atoms with Gasteiger partial charge in [-0.25, -0.2) is 0 Å². The fourth-order valence-corrected chi connectivity index (χ4v) is 2.03. The second-order valence-corrected chi connectivity index (χ2v) is 4.38. The van der Waals surface area contributed by atoms with E-state index in [0.29, 0.717) is 0 Å². The molecular formula is C14H25NO. The van der Waals surface area contributed by atoms with E-state index in [1.165, 1.54) is 24.1 Å². The molecule has 1 saturated heterocycles. The van der Waals surface area contributed by atoms with Gasteiger partial charge in [-0.3, -0.25) is 0 Å². The quantitative estimate of drug-likeness (QED) is 0.663. The molecule has 1 fully saturated rings. The first-order chi connectivity index (χ1) is 7.77. The summed E-state index contributed by atoms with van der Waals surface area (Å²) in [7, 11) is 0. The smallest absolute Gasteiger partial charge is 0.0642 e. The standard InChI is InChI=1S/C14H25NO/c1-4-6-13(3)12-14(7-5-2)15-8-10-16-11-9-15/h7,12H,4-6,8-11H2,1-3H3/b13-12+,14-7+. The van der Waals surface area contributed by atoms with Gasteiger partial charge in [0.05, 0.1) is 13.2 Å². The molecule has 0 amide bonds. The van der Waals surface area contributed by atoms with Crippen molar-refractivity contribution in [3.8, 4) is 0 Å². The molecule has 0 saturated carbocycles. The molecule has 16 heavy (non-hydrogen) atoms. The van der Waals surface area contributed by atoms with Crippen LogP contribution >= 0.6 is 0 Å². The molecule has 0 unspecified atom stereocenters. The van der Waals surface area contributed by atoms with Gasteiger partial charge in [0.25, 0.3) is 0 Å². The molecule has 1 rings (SSSR count). The minimum absolute atomic E-state index is 0.863. The fourth-order valence-electron chi connectivity index (χ4n) is 2.03. The highest BCUT2D eigenvalue weighted by atomic mass is 16.5. The summed E-state index contributed by atoms with van der Waals surface area (Å²) in [5.41, 5.74) is 2.87. The Bertz CT molecular complexity index is 249. The monoisotopic (exact) mass is 223 g/mol. The summed E-state index contributed by atoms with van der Waals surface area (Å²) >= 11 is 0. The Hall–Kier alpha value is -0.760. The summed E-state index contributed by atoms with van der Waals surface area (Å²) in [4.78, 5) is 2.44. The van der Waals surface area contributed by atoms with Gasteiger partial charge in [-0.15, -0.1) is 0 Å². The van der Waals surface area contributed by atoms with E-state index in [-0.39, 0.29) is 0 Å². The normalized spacial score (nSPS) is 19.1. The average Bonchev–Trinajstić information content (AvgIpc) is 2.30. The molecule has 0 radical (unpaired) electrons. The molecule has 0 atom stereocenters. The first kappa shape index (κ1) is 13.3. The van der Waals surface area contributed by atoms with Crippen LogP contribution in [-0.4, -0.2) is 31.2 Å². The minimum Gasteiger partial charge on any atom is -0.378 e. The molecule has 1 aliphatic heterocycles. The predicted octanol–water partition coefficient (Wildman–Crippen LogP) is 3.36. The Morgan fingerprint density at radius 1 is 1.25 bits per heavy atom. The lowest BCUT2D eigenvalue weighted by molar-refractivity contribution is 0.0552. The molecule has 0 aromatic rings. The van der Waals surface area contributed by atoms with Gasteiger partial charge < -0.3 is 9.64 Å². The molecule has 0 bridgehead atoms. The van der Waals surface area contributed by atoms with E-state index >= 15 is 0 Å². The van der Waals surface area contributed by atoms with E-state index in [9.17, 15) is 0 Å². The molecule has 2 nitrogen and oxygen atoms in total. The van der Waals surface area contributed by atoms with Crippen molar-refractivity contribution in [1.29, 1.82) is 0 Å². The van der Waals surface area contributed by atoms with Gasteiger partial charge in [-0.1, -0.05) is 31.9 Å². The van der Waals surface area contributed by atoms with E-state index in [0.717, 1.165) is 32.7 Å². The van der Waals surface area contributed by atoms with Crippen molar-refractivity contribution in [3.63, 3.8) is 0 Å². The molecular weight excluding hydrogens is 198 g/mol. The van der Waals surface area contributed by atoms with Crippen LogP contribution in [0.3, 0.4) is 0 Å². The Balaban J connectivity index is 2.66. The molecule has 0 spiro atoms. The van der Waals surface area contributed by atoms with Gasteiger partial charge in [0, 0.05) is 18.8 Å². The van der Waals surface area contributed by atoms with E-state index in [1.807, 2.05) is 0 Å². The molecule has 0 aliphatic carbocycles. The van der Waals surface area contributed by atoms with Gasteiger partial charge >= 0.3 is 0 Å². The molecule has 1 heterocycles. The van der Waals surface area contributed by atoms with Gasteiger partial charge in [-0.05, 0) is 25.8 Å². The van der Waals surface area contributed by atoms with Crippen molar-refractivity contribution in [3.05, 3.63) is 23.4 Å². The van der Waals surface area contributed by atoms with Crippen LogP contribution in [0.25, 0.3) is 0 Å². The molecule has 0 aromatic heterocycles. The average molecular weight is 223 g/mol. The van der Waals surface area contributed by atoms with E-state index in [4.69, 9.17) is 4.74 Å². The predicted molar refractivity (Wildman–Crippen MR) is 69.4 cm³/mol. The Morgan fingerprint density at radius 2 is 1.94 bits per heavy atom. The van der Waals surface area contributed by atoms with E-state index in [1.54, 1.807) is 0 Å².